The maximum Gasteiger partial charge on any atom is 0.293 e. The highest BCUT2D eigenvalue weighted by Gasteiger charge is 2.25. The molecule has 0 aliphatic rings. The molecule has 0 saturated heterocycles. The molecule has 1 amide bonds. The highest BCUT2D eigenvalue weighted by molar-refractivity contribution is 5.94. The third kappa shape index (κ3) is 3.87. The lowest BCUT2D eigenvalue weighted by Gasteiger charge is -2.19. The summed E-state index contributed by atoms with van der Waals surface area (Å²) in [5.41, 5.74) is 9.62. The molecule has 30 heavy (non-hydrogen) atoms. The Morgan fingerprint density at radius 2 is 2.10 bits per heavy atom. The summed E-state index contributed by atoms with van der Waals surface area (Å²) in [6.45, 7) is 0.272. The minimum atomic E-state index is -0.560. The molecule has 0 atom stereocenters. The standard InChI is InChI=1S/C18H17N9O3/c1-26(12-6-3-2-4-7-12)11-14-15(18(28)22-20-10-13-8-5-9-29-13)21-25-27(14)17-16(19)23-30-24-17/h2-10H,11H2,1H3,(H2,19,23)(H,22,28)/b20-10-. The molecule has 0 radical (unpaired) electrons. The van der Waals surface area contributed by atoms with Crippen LogP contribution in [-0.2, 0) is 6.54 Å². The van der Waals surface area contributed by atoms with Crippen molar-refractivity contribution in [3.63, 3.8) is 0 Å². The van der Waals surface area contributed by atoms with Crippen LogP contribution in [0.5, 0.6) is 0 Å². The summed E-state index contributed by atoms with van der Waals surface area (Å²) in [5.74, 6) is 0.0865. The molecule has 0 fully saturated rings. The number of carbonyl (C=O) groups excluding carboxylic acids is 1. The first-order valence-electron chi connectivity index (χ1n) is 8.79. The van der Waals surface area contributed by atoms with Crippen LogP contribution < -0.4 is 16.1 Å². The van der Waals surface area contributed by atoms with E-state index in [4.69, 9.17) is 10.2 Å². The zero-order valence-electron chi connectivity index (χ0n) is 15.8. The first-order chi connectivity index (χ1) is 14.6. The van der Waals surface area contributed by atoms with E-state index in [1.54, 1.807) is 12.1 Å². The Morgan fingerprint density at radius 1 is 1.27 bits per heavy atom. The number of para-hydroxylation sites is 1. The third-order valence-corrected chi connectivity index (χ3v) is 4.16. The van der Waals surface area contributed by atoms with Crippen LogP contribution in [0.4, 0.5) is 11.5 Å². The largest absolute Gasteiger partial charge is 0.463 e. The molecular weight excluding hydrogens is 390 g/mol. The van der Waals surface area contributed by atoms with E-state index in [0.717, 1.165) is 5.69 Å². The van der Waals surface area contributed by atoms with Crippen molar-refractivity contribution in [1.29, 1.82) is 0 Å². The van der Waals surface area contributed by atoms with E-state index in [0.29, 0.717) is 11.5 Å². The fourth-order valence-electron chi connectivity index (χ4n) is 2.70. The predicted molar refractivity (Wildman–Crippen MR) is 106 cm³/mol. The number of anilines is 2. The van der Waals surface area contributed by atoms with E-state index in [9.17, 15) is 4.79 Å². The number of benzene rings is 1. The summed E-state index contributed by atoms with van der Waals surface area (Å²) < 4.78 is 11.1. The summed E-state index contributed by atoms with van der Waals surface area (Å²) in [5, 5.41) is 19.2. The molecule has 0 saturated carbocycles. The summed E-state index contributed by atoms with van der Waals surface area (Å²) in [4.78, 5) is 14.6. The third-order valence-electron chi connectivity index (χ3n) is 4.16. The molecule has 4 rings (SSSR count). The van der Waals surface area contributed by atoms with Gasteiger partial charge in [0.1, 0.15) is 5.76 Å². The number of hydrogen-bond donors (Lipinski definition) is 2. The van der Waals surface area contributed by atoms with Gasteiger partial charge in [0.15, 0.2) is 5.69 Å². The van der Waals surface area contributed by atoms with Crippen molar-refractivity contribution < 1.29 is 13.8 Å². The number of nitrogens with two attached hydrogens (primary N) is 1. The lowest BCUT2D eigenvalue weighted by atomic mass is 10.2. The second kappa shape index (κ2) is 8.26. The lowest BCUT2D eigenvalue weighted by Crippen LogP contribution is -2.24. The summed E-state index contributed by atoms with van der Waals surface area (Å²) in [7, 11) is 1.87. The number of nitrogens with one attached hydrogen (secondary N) is 1. The van der Waals surface area contributed by atoms with Gasteiger partial charge in [0.25, 0.3) is 5.91 Å². The maximum atomic E-state index is 12.7. The predicted octanol–water partition coefficient (Wildman–Crippen LogP) is 1.23. The van der Waals surface area contributed by atoms with Crippen molar-refractivity contribution in [3.8, 4) is 5.82 Å². The van der Waals surface area contributed by atoms with Gasteiger partial charge < -0.3 is 15.1 Å². The smallest absolute Gasteiger partial charge is 0.293 e. The molecule has 0 aliphatic carbocycles. The number of nitrogen functional groups attached to an aromatic ring is 1. The zero-order valence-corrected chi connectivity index (χ0v) is 15.8. The average molecular weight is 407 g/mol. The molecule has 4 aromatic rings. The van der Waals surface area contributed by atoms with Gasteiger partial charge in [-0.2, -0.15) is 9.78 Å². The van der Waals surface area contributed by atoms with Crippen molar-refractivity contribution in [3.05, 3.63) is 65.9 Å². The van der Waals surface area contributed by atoms with Crippen molar-refractivity contribution in [2.24, 2.45) is 5.10 Å². The fourth-order valence-corrected chi connectivity index (χ4v) is 2.70. The Morgan fingerprint density at radius 3 is 2.80 bits per heavy atom. The molecule has 3 heterocycles. The number of furan rings is 1. The van der Waals surface area contributed by atoms with Crippen molar-refractivity contribution in [2.45, 2.75) is 6.54 Å². The van der Waals surface area contributed by atoms with Gasteiger partial charge in [-0.1, -0.05) is 23.4 Å². The van der Waals surface area contributed by atoms with Gasteiger partial charge in [-0.15, -0.1) is 5.10 Å². The number of hydrogen-bond acceptors (Lipinski definition) is 10. The van der Waals surface area contributed by atoms with Gasteiger partial charge in [-0.3, -0.25) is 4.79 Å². The van der Waals surface area contributed by atoms with Crippen LogP contribution in [0.1, 0.15) is 21.9 Å². The second-order valence-corrected chi connectivity index (χ2v) is 6.18. The minimum Gasteiger partial charge on any atom is -0.463 e. The quantitative estimate of drug-likeness (QED) is 0.340. The topological polar surface area (TPSA) is 153 Å². The Hall–Kier alpha value is -4.48. The second-order valence-electron chi connectivity index (χ2n) is 6.18. The molecule has 0 spiro atoms. The number of hydrazone groups is 1. The monoisotopic (exact) mass is 407 g/mol. The van der Waals surface area contributed by atoms with Crippen LogP contribution in [0, 0.1) is 0 Å². The first kappa shape index (κ1) is 18.9. The molecular formula is C18H17N9O3. The number of carbonyl (C=O) groups is 1. The molecule has 152 valence electrons. The van der Waals surface area contributed by atoms with Crippen LogP contribution in [-0.4, -0.2) is 44.5 Å². The van der Waals surface area contributed by atoms with Crippen LogP contribution in [0.2, 0.25) is 0 Å². The lowest BCUT2D eigenvalue weighted by molar-refractivity contribution is 0.0949. The molecule has 3 N–H and O–H groups in total. The maximum absolute atomic E-state index is 12.7. The molecule has 1 aromatic carbocycles. The molecule has 3 aromatic heterocycles. The minimum absolute atomic E-state index is 0.0197. The van der Waals surface area contributed by atoms with Crippen molar-refractivity contribution >= 4 is 23.6 Å². The normalized spacial score (nSPS) is 11.1. The molecule has 0 aliphatic heterocycles. The average Bonchev–Trinajstić information content (AvgIpc) is 3.50. The Kier molecular flexibility index (Phi) is 5.19. The Balaban J connectivity index is 1.63. The van der Waals surface area contributed by atoms with Gasteiger partial charge in [-0.05, 0) is 34.6 Å². The van der Waals surface area contributed by atoms with Gasteiger partial charge >= 0.3 is 0 Å². The zero-order chi connectivity index (χ0) is 20.9. The van der Waals surface area contributed by atoms with Gasteiger partial charge in [0.05, 0.1) is 24.7 Å². The fraction of sp³-hybridized carbons (Fsp3) is 0.111. The van der Waals surface area contributed by atoms with Crippen LogP contribution in [0.15, 0.2) is 62.9 Å². The molecule has 12 heteroatoms. The van der Waals surface area contributed by atoms with Gasteiger partial charge in [0.2, 0.25) is 11.6 Å². The van der Waals surface area contributed by atoms with Crippen LogP contribution in [0.3, 0.4) is 0 Å². The van der Waals surface area contributed by atoms with E-state index in [1.165, 1.54) is 17.2 Å². The van der Waals surface area contributed by atoms with Gasteiger partial charge in [0, 0.05) is 12.7 Å². The number of amides is 1. The Bertz CT molecular complexity index is 1150. The number of aromatic nitrogens is 5. The van der Waals surface area contributed by atoms with E-state index >= 15 is 0 Å². The highest BCUT2D eigenvalue weighted by atomic mass is 16.6. The summed E-state index contributed by atoms with van der Waals surface area (Å²) in [6, 6.07) is 13.0. The van der Waals surface area contributed by atoms with E-state index in [2.05, 4.69) is 35.8 Å². The number of rotatable bonds is 7. The van der Waals surface area contributed by atoms with Crippen molar-refractivity contribution in [2.75, 3.05) is 17.7 Å². The van der Waals surface area contributed by atoms with Crippen LogP contribution in [0.25, 0.3) is 5.82 Å². The summed E-state index contributed by atoms with van der Waals surface area (Å²) in [6.07, 6.45) is 2.88. The van der Waals surface area contributed by atoms with E-state index < -0.39 is 5.91 Å². The molecule has 0 bridgehead atoms. The molecule has 0 unspecified atom stereocenters. The van der Waals surface area contributed by atoms with Crippen LogP contribution >= 0.6 is 0 Å². The molecule has 12 nitrogen and oxygen atoms in total. The number of nitrogens with zero attached hydrogens (tertiary/aromatic N) is 7. The van der Waals surface area contributed by atoms with E-state index in [1.807, 2.05) is 42.3 Å². The first-order valence-corrected chi connectivity index (χ1v) is 8.79. The SMILES string of the molecule is CN(Cc1c(C(=O)N/N=C\c2ccco2)nnn1-c1nonc1N)c1ccccc1. The van der Waals surface area contributed by atoms with Gasteiger partial charge in [-0.25, -0.2) is 10.1 Å². The van der Waals surface area contributed by atoms with Crippen molar-refractivity contribution in [1.82, 2.24) is 30.7 Å². The highest BCUT2D eigenvalue weighted by Crippen LogP contribution is 2.20. The van der Waals surface area contributed by atoms with E-state index in [-0.39, 0.29) is 23.9 Å². The summed E-state index contributed by atoms with van der Waals surface area (Å²) >= 11 is 0. The Labute approximate surface area is 169 Å².